The van der Waals surface area contributed by atoms with Gasteiger partial charge in [-0.05, 0) is 6.07 Å². The van der Waals surface area contributed by atoms with Crippen LogP contribution in [0.3, 0.4) is 0 Å². The minimum Gasteiger partial charge on any atom is -0.338 e. The van der Waals surface area contributed by atoms with Gasteiger partial charge in [0.15, 0.2) is 5.65 Å². The van der Waals surface area contributed by atoms with Crippen LogP contribution >= 0.6 is 34.8 Å². The molecule has 1 N–H and O–H groups in total. The highest BCUT2D eigenvalue weighted by Gasteiger charge is 2.07. The van der Waals surface area contributed by atoms with Crippen molar-refractivity contribution in [1.29, 1.82) is 0 Å². The smallest absolute Gasteiger partial charge is 0.180 e. The summed E-state index contributed by atoms with van der Waals surface area (Å²) in [6.45, 7) is 0. The summed E-state index contributed by atoms with van der Waals surface area (Å²) in [7, 11) is 0. The van der Waals surface area contributed by atoms with E-state index < -0.39 is 0 Å². The van der Waals surface area contributed by atoms with Gasteiger partial charge in [0.1, 0.15) is 16.5 Å². The van der Waals surface area contributed by atoms with Gasteiger partial charge in [-0.25, -0.2) is 9.97 Å². The normalized spacial score (nSPS) is 11.0. The number of hydrogen-bond acceptors (Lipinski definition) is 2. The van der Waals surface area contributed by atoms with Gasteiger partial charge in [0, 0.05) is 0 Å². The standard InChI is InChI=1S/C7H4Cl3N3/c8-2-5-12-6-3(9)1-4(10)11-7(6)13-5/h1H,2H2,(H,11,12,13). The zero-order valence-electron chi connectivity index (χ0n) is 6.31. The first-order valence-electron chi connectivity index (χ1n) is 3.47. The summed E-state index contributed by atoms with van der Waals surface area (Å²) in [5, 5.41) is 0.823. The fourth-order valence-corrected chi connectivity index (χ4v) is 1.64. The van der Waals surface area contributed by atoms with E-state index in [4.69, 9.17) is 34.8 Å². The zero-order chi connectivity index (χ0) is 9.42. The molecule has 0 amide bonds. The second kappa shape index (κ2) is 3.33. The number of hydrogen-bond donors (Lipinski definition) is 1. The molecular formula is C7H4Cl3N3. The van der Waals surface area contributed by atoms with Gasteiger partial charge in [-0.15, -0.1) is 11.6 Å². The summed E-state index contributed by atoms with van der Waals surface area (Å²) >= 11 is 17.2. The number of nitrogens with one attached hydrogen (secondary N) is 1. The Morgan fingerprint density at radius 1 is 1.31 bits per heavy atom. The highest BCUT2D eigenvalue weighted by atomic mass is 35.5. The molecule has 0 spiro atoms. The molecule has 2 aromatic heterocycles. The number of aromatic nitrogens is 3. The van der Waals surface area contributed by atoms with Crippen LogP contribution in [0.1, 0.15) is 5.82 Å². The van der Waals surface area contributed by atoms with E-state index in [9.17, 15) is 0 Å². The molecule has 13 heavy (non-hydrogen) atoms. The summed E-state index contributed by atoms with van der Waals surface area (Å²) in [5.41, 5.74) is 1.16. The summed E-state index contributed by atoms with van der Waals surface area (Å²) in [6, 6.07) is 1.56. The molecule has 0 bridgehead atoms. The lowest BCUT2D eigenvalue weighted by atomic mass is 10.4. The molecule has 3 nitrogen and oxygen atoms in total. The largest absolute Gasteiger partial charge is 0.338 e. The third-order valence-electron chi connectivity index (χ3n) is 1.56. The molecule has 0 fully saturated rings. The average Bonchev–Trinajstić information content (AvgIpc) is 2.47. The Morgan fingerprint density at radius 3 is 2.77 bits per heavy atom. The minimum absolute atomic E-state index is 0.296. The van der Waals surface area contributed by atoms with Crippen LogP contribution in [0.15, 0.2) is 6.07 Å². The number of alkyl halides is 1. The number of halogens is 3. The van der Waals surface area contributed by atoms with Crippen molar-refractivity contribution in [2.24, 2.45) is 0 Å². The molecule has 0 saturated carbocycles. The Hall–Kier alpha value is -0.510. The second-order valence-corrected chi connectivity index (χ2v) is 3.50. The first kappa shape index (κ1) is 9.06. The Morgan fingerprint density at radius 2 is 2.08 bits per heavy atom. The maximum Gasteiger partial charge on any atom is 0.180 e. The Bertz CT molecular complexity index is 451. The van der Waals surface area contributed by atoms with E-state index in [-0.39, 0.29) is 0 Å². The molecule has 0 unspecified atom stereocenters. The third kappa shape index (κ3) is 1.59. The number of pyridine rings is 1. The Kier molecular flexibility index (Phi) is 2.32. The predicted octanol–water partition coefficient (Wildman–Crippen LogP) is 3.00. The molecule has 0 aliphatic heterocycles. The number of imidazole rings is 1. The molecule has 2 aromatic rings. The number of H-pyrrole nitrogens is 1. The van der Waals surface area contributed by atoms with Crippen molar-refractivity contribution >= 4 is 46.0 Å². The van der Waals surface area contributed by atoms with E-state index in [1.807, 2.05) is 0 Å². The maximum absolute atomic E-state index is 5.89. The highest BCUT2D eigenvalue weighted by molar-refractivity contribution is 6.37. The van der Waals surface area contributed by atoms with Gasteiger partial charge in [0.2, 0.25) is 0 Å². The highest BCUT2D eigenvalue weighted by Crippen LogP contribution is 2.23. The second-order valence-electron chi connectivity index (χ2n) is 2.44. The Balaban J connectivity index is 2.75. The van der Waals surface area contributed by atoms with E-state index in [2.05, 4.69) is 15.0 Å². The van der Waals surface area contributed by atoms with Crippen LogP contribution in [0.25, 0.3) is 11.2 Å². The van der Waals surface area contributed by atoms with Gasteiger partial charge in [0.25, 0.3) is 0 Å². The first-order chi connectivity index (χ1) is 6.20. The summed E-state index contributed by atoms with van der Waals surface area (Å²) in [5.74, 6) is 0.929. The quantitative estimate of drug-likeness (QED) is 0.611. The van der Waals surface area contributed by atoms with Crippen LogP contribution in [-0.2, 0) is 5.88 Å². The van der Waals surface area contributed by atoms with Crippen LogP contribution in [0.5, 0.6) is 0 Å². The lowest BCUT2D eigenvalue weighted by Crippen LogP contribution is -1.79. The molecule has 0 radical (unpaired) electrons. The lowest BCUT2D eigenvalue weighted by Gasteiger charge is -1.92. The lowest BCUT2D eigenvalue weighted by molar-refractivity contribution is 1.13. The van der Waals surface area contributed by atoms with Crippen molar-refractivity contribution in [1.82, 2.24) is 15.0 Å². The van der Waals surface area contributed by atoms with Crippen molar-refractivity contribution in [3.8, 4) is 0 Å². The van der Waals surface area contributed by atoms with Crippen molar-refractivity contribution < 1.29 is 0 Å². The van der Waals surface area contributed by atoms with E-state index in [1.54, 1.807) is 6.07 Å². The van der Waals surface area contributed by atoms with E-state index in [1.165, 1.54) is 0 Å². The molecule has 6 heteroatoms. The topological polar surface area (TPSA) is 41.6 Å². The molecule has 68 valence electrons. The van der Waals surface area contributed by atoms with E-state index in [0.29, 0.717) is 33.0 Å². The molecule has 0 atom stereocenters. The van der Waals surface area contributed by atoms with E-state index >= 15 is 0 Å². The third-order valence-corrected chi connectivity index (χ3v) is 2.30. The van der Waals surface area contributed by atoms with Crippen LogP contribution in [0, 0.1) is 0 Å². The fourth-order valence-electron chi connectivity index (χ4n) is 1.03. The van der Waals surface area contributed by atoms with Gasteiger partial charge in [-0.2, -0.15) is 0 Å². The molecular weight excluding hydrogens is 232 g/mol. The number of fused-ring (bicyclic) bond motifs is 1. The van der Waals surface area contributed by atoms with Crippen molar-refractivity contribution in [3.05, 3.63) is 22.1 Å². The summed E-state index contributed by atoms with van der Waals surface area (Å²) in [6.07, 6.45) is 0. The Labute approximate surface area is 89.0 Å². The fraction of sp³-hybridized carbons (Fsp3) is 0.143. The van der Waals surface area contributed by atoms with Gasteiger partial charge >= 0.3 is 0 Å². The van der Waals surface area contributed by atoms with Crippen LogP contribution in [0.4, 0.5) is 0 Å². The molecule has 0 saturated heterocycles. The van der Waals surface area contributed by atoms with Gasteiger partial charge in [-0.1, -0.05) is 23.2 Å². The molecule has 2 rings (SSSR count). The summed E-state index contributed by atoms with van der Waals surface area (Å²) < 4.78 is 0. The number of nitrogens with zero attached hydrogens (tertiary/aromatic N) is 2. The van der Waals surface area contributed by atoms with Crippen molar-refractivity contribution in [2.75, 3.05) is 0 Å². The zero-order valence-corrected chi connectivity index (χ0v) is 8.58. The summed E-state index contributed by atoms with van der Waals surface area (Å²) in [4.78, 5) is 11.0. The van der Waals surface area contributed by atoms with Crippen LogP contribution in [-0.4, -0.2) is 15.0 Å². The maximum atomic E-state index is 5.89. The monoisotopic (exact) mass is 235 g/mol. The SMILES string of the molecule is ClCc1nc2nc(Cl)cc(Cl)c2[nH]1. The van der Waals surface area contributed by atoms with Crippen LogP contribution in [0.2, 0.25) is 10.2 Å². The average molecular weight is 236 g/mol. The number of rotatable bonds is 1. The first-order valence-corrected chi connectivity index (χ1v) is 4.76. The predicted molar refractivity (Wildman–Crippen MR) is 53.5 cm³/mol. The minimum atomic E-state index is 0.296. The molecule has 0 aliphatic carbocycles. The van der Waals surface area contributed by atoms with Crippen molar-refractivity contribution in [3.63, 3.8) is 0 Å². The number of aromatic amines is 1. The van der Waals surface area contributed by atoms with Crippen LogP contribution < -0.4 is 0 Å². The van der Waals surface area contributed by atoms with Crippen molar-refractivity contribution in [2.45, 2.75) is 5.88 Å². The molecule has 2 heterocycles. The van der Waals surface area contributed by atoms with E-state index in [0.717, 1.165) is 0 Å². The molecule has 0 aliphatic rings. The van der Waals surface area contributed by atoms with Gasteiger partial charge < -0.3 is 4.98 Å². The van der Waals surface area contributed by atoms with Gasteiger partial charge in [0.05, 0.1) is 10.9 Å². The molecule has 0 aromatic carbocycles. The van der Waals surface area contributed by atoms with Gasteiger partial charge in [-0.3, -0.25) is 0 Å².